The standard InChI is InChI=1S/C14H21NO/c1-3-9-15-13-8-7-12-11(10(13)2)5-4-6-14(12)16/h4-6,10,13,15-16H,3,7-9H2,1-2H3/t10-,13+/m1/s1. The third kappa shape index (κ3) is 2.07. The van der Waals surface area contributed by atoms with Crippen LogP contribution in [0.2, 0.25) is 0 Å². The molecule has 88 valence electrons. The fourth-order valence-electron chi connectivity index (χ4n) is 2.67. The van der Waals surface area contributed by atoms with E-state index in [9.17, 15) is 5.11 Å². The lowest BCUT2D eigenvalue weighted by Crippen LogP contribution is -2.37. The predicted molar refractivity (Wildman–Crippen MR) is 66.9 cm³/mol. The summed E-state index contributed by atoms with van der Waals surface area (Å²) in [5.41, 5.74) is 2.48. The average Bonchev–Trinajstić information content (AvgIpc) is 2.29. The molecule has 0 amide bonds. The molecule has 0 fully saturated rings. The minimum atomic E-state index is 0.471. The molecule has 0 aliphatic heterocycles. The summed E-state index contributed by atoms with van der Waals surface area (Å²) in [6.07, 6.45) is 3.30. The van der Waals surface area contributed by atoms with Gasteiger partial charge in [0.1, 0.15) is 5.75 Å². The zero-order chi connectivity index (χ0) is 11.5. The van der Waals surface area contributed by atoms with Gasteiger partial charge in [-0.3, -0.25) is 0 Å². The van der Waals surface area contributed by atoms with Gasteiger partial charge in [0.2, 0.25) is 0 Å². The summed E-state index contributed by atoms with van der Waals surface area (Å²) >= 11 is 0. The van der Waals surface area contributed by atoms with Crippen molar-refractivity contribution < 1.29 is 5.11 Å². The molecular formula is C14H21NO. The summed E-state index contributed by atoms with van der Waals surface area (Å²) in [7, 11) is 0. The fraction of sp³-hybridized carbons (Fsp3) is 0.571. The monoisotopic (exact) mass is 219 g/mol. The van der Waals surface area contributed by atoms with E-state index in [1.807, 2.05) is 6.07 Å². The Kier molecular flexibility index (Phi) is 3.49. The number of benzene rings is 1. The van der Waals surface area contributed by atoms with Gasteiger partial charge in [-0.05, 0) is 48.9 Å². The van der Waals surface area contributed by atoms with Gasteiger partial charge in [-0.25, -0.2) is 0 Å². The van der Waals surface area contributed by atoms with Gasteiger partial charge in [-0.2, -0.15) is 0 Å². The van der Waals surface area contributed by atoms with Crippen molar-refractivity contribution in [1.82, 2.24) is 5.32 Å². The number of hydrogen-bond donors (Lipinski definition) is 2. The zero-order valence-corrected chi connectivity index (χ0v) is 10.2. The van der Waals surface area contributed by atoms with Crippen LogP contribution >= 0.6 is 0 Å². The van der Waals surface area contributed by atoms with Crippen molar-refractivity contribution in [2.45, 2.75) is 45.1 Å². The number of fused-ring (bicyclic) bond motifs is 1. The smallest absolute Gasteiger partial charge is 0.119 e. The van der Waals surface area contributed by atoms with Crippen molar-refractivity contribution in [2.24, 2.45) is 0 Å². The molecular weight excluding hydrogens is 198 g/mol. The third-order valence-corrected chi connectivity index (χ3v) is 3.64. The van der Waals surface area contributed by atoms with E-state index in [0.29, 0.717) is 17.7 Å². The van der Waals surface area contributed by atoms with Crippen LogP contribution < -0.4 is 5.32 Å². The Morgan fingerprint density at radius 1 is 1.44 bits per heavy atom. The molecule has 0 heterocycles. The van der Waals surface area contributed by atoms with Crippen molar-refractivity contribution in [2.75, 3.05) is 6.54 Å². The molecule has 0 spiro atoms. The molecule has 1 aromatic carbocycles. The summed E-state index contributed by atoms with van der Waals surface area (Å²) < 4.78 is 0. The van der Waals surface area contributed by atoms with Crippen LogP contribution in [0.1, 0.15) is 43.7 Å². The van der Waals surface area contributed by atoms with Gasteiger partial charge in [-0.1, -0.05) is 26.0 Å². The van der Waals surface area contributed by atoms with Crippen molar-refractivity contribution in [3.63, 3.8) is 0 Å². The maximum atomic E-state index is 9.82. The minimum Gasteiger partial charge on any atom is -0.508 e. The molecule has 0 unspecified atom stereocenters. The van der Waals surface area contributed by atoms with Gasteiger partial charge in [0.15, 0.2) is 0 Å². The molecule has 1 aromatic rings. The van der Waals surface area contributed by atoms with Crippen LogP contribution in [-0.4, -0.2) is 17.7 Å². The highest BCUT2D eigenvalue weighted by Gasteiger charge is 2.26. The number of aromatic hydroxyl groups is 1. The lowest BCUT2D eigenvalue weighted by atomic mass is 9.80. The Bertz CT molecular complexity index is 362. The van der Waals surface area contributed by atoms with Gasteiger partial charge >= 0.3 is 0 Å². The van der Waals surface area contributed by atoms with Crippen LogP contribution in [0.3, 0.4) is 0 Å². The average molecular weight is 219 g/mol. The Labute approximate surface area is 97.7 Å². The van der Waals surface area contributed by atoms with E-state index < -0.39 is 0 Å². The molecule has 1 aliphatic rings. The van der Waals surface area contributed by atoms with Gasteiger partial charge < -0.3 is 10.4 Å². The van der Waals surface area contributed by atoms with E-state index in [0.717, 1.165) is 24.9 Å². The molecule has 2 rings (SSSR count). The van der Waals surface area contributed by atoms with Crippen LogP contribution in [0, 0.1) is 0 Å². The topological polar surface area (TPSA) is 32.3 Å². The summed E-state index contributed by atoms with van der Waals surface area (Å²) in [6, 6.07) is 6.46. The lowest BCUT2D eigenvalue weighted by molar-refractivity contribution is 0.392. The van der Waals surface area contributed by atoms with E-state index in [2.05, 4.69) is 25.2 Å². The first kappa shape index (κ1) is 11.5. The molecule has 2 atom stereocenters. The Hall–Kier alpha value is -1.02. The van der Waals surface area contributed by atoms with Crippen molar-refractivity contribution in [3.05, 3.63) is 29.3 Å². The molecule has 0 saturated heterocycles. The summed E-state index contributed by atoms with van der Waals surface area (Å²) in [6.45, 7) is 5.54. The largest absolute Gasteiger partial charge is 0.508 e. The molecule has 0 aromatic heterocycles. The Balaban J connectivity index is 2.18. The first-order valence-corrected chi connectivity index (χ1v) is 6.28. The summed E-state index contributed by atoms with van der Waals surface area (Å²) in [4.78, 5) is 0. The van der Waals surface area contributed by atoms with E-state index in [1.54, 1.807) is 6.07 Å². The maximum Gasteiger partial charge on any atom is 0.119 e. The summed E-state index contributed by atoms with van der Waals surface area (Å²) in [5.74, 6) is 0.973. The molecule has 0 bridgehead atoms. The second-order valence-corrected chi connectivity index (χ2v) is 4.73. The number of phenolic OH excluding ortho intramolecular Hbond substituents is 1. The SMILES string of the molecule is CCCN[C@H]1CCc2c(O)cccc2[C@H]1C. The van der Waals surface area contributed by atoms with Crippen LogP contribution in [0.25, 0.3) is 0 Å². The lowest BCUT2D eigenvalue weighted by Gasteiger charge is -2.32. The van der Waals surface area contributed by atoms with Crippen LogP contribution in [0.4, 0.5) is 0 Å². The number of phenols is 1. The van der Waals surface area contributed by atoms with Gasteiger partial charge in [0.05, 0.1) is 0 Å². The zero-order valence-electron chi connectivity index (χ0n) is 10.2. The van der Waals surface area contributed by atoms with E-state index in [1.165, 1.54) is 12.0 Å². The fourth-order valence-corrected chi connectivity index (χ4v) is 2.67. The van der Waals surface area contributed by atoms with Crippen LogP contribution in [-0.2, 0) is 6.42 Å². The van der Waals surface area contributed by atoms with Crippen LogP contribution in [0.5, 0.6) is 5.75 Å². The van der Waals surface area contributed by atoms with E-state index >= 15 is 0 Å². The molecule has 2 nitrogen and oxygen atoms in total. The number of nitrogens with one attached hydrogen (secondary N) is 1. The molecule has 16 heavy (non-hydrogen) atoms. The molecule has 0 saturated carbocycles. The van der Waals surface area contributed by atoms with Crippen molar-refractivity contribution in [1.29, 1.82) is 0 Å². The first-order valence-electron chi connectivity index (χ1n) is 6.28. The maximum absolute atomic E-state index is 9.82. The Morgan fingerprint density at radius 3 is 3.00 bits per heavy atom. The molecule has 0 radical (unpaired) electrons. The van der Waals surface area contributed by atoms with E-state index in [-0.39, 0.29) is 0 Å². The van der Waals surface area contributed by atoms with Crippen LogP contribution in [0.15, 0.2) is 18.2 Å². The quantitative estimate of drug-likeness (QED) is 0.819. The highest BCUT2D eigenvalue weighted by Crippen LogP contribution is 2.35. The normalized spacial score (nSPS) is 24.1. The Morgan fingerprint density at radius 2 is 2.25 bits per heavy atom. The number of rotatable bonds is 3. The summed E-state index contributed by atoms with van der Waals surface area (Å²) in [5, 5.41) is 13.4. The molecule has 2 N–H and O–H groups in total. The van der Waals surface area contributed by atoms with Crippen molar-refractivity contribution >= 4 is 0 Å². The van der Waals surface area contributed by atoms with Gasteiger partial charge in [0, 0.05) is 6.04 Å². The van der Waals surface area contributed by atoms with Crippen molar-refractivity contribution in [3.8, 4) is 5.75 Å². The number of hydrogen-bond acceptors (Lipinski definition) is 2. The first-order chi connectivity index (χ1) is 7.74. The molecule has 2 heteroatoms. The second-order valence-electron chi connectivity index (χ2n) is 4.73. The predicted octanol–water partition coefficient (Wildman–Crippen LogP) is 2.81. The highest BCUT2D eigenvalue weighted by molar-refractivity contribution is 5.43. The second kappa shape index (κ2) is 4.88. The van der Waals surface area contributed by atoms with Gasteiger partial charge in [0.25, 0.3) is 0 Å². The molecule has 1 aliphatic carbocycles. The minimum absolute atomic E-state index is 0.471. The van der Waals surface area contributed by atoms with E-state index in [4.69, 9.17) is 0 Å². The van der Waals surface area contributed by atoms with Gasteiger partial charge in [-0.15, -0.1) is 0 Å². The highest BCUT2D eigenvalue weighted by atomic mass is 16.3. The third-order valence-electron chi connectivity index (χ3n) is 3.64.